The van der Waals surface area contributed by atoms with Crippen LogP contribution >= 0.6 is 0 Å². The van der Waals surface area contributed by atoms with E-state index in [2.05, 4.69) is 5.32 Å². The van der Waals surface area contributed by atoms with E-state index in [9.17, 15) is 13.2 Å². The third kappa shape index (κ3) is 3.52. The number of nitrogens with two attached hydrogens (primary N) is 1. The lowest BCUT2D eigenvalue weighted by atomic mass is 10.0. The van der Waals surface area contributed by atoms with Crippen molar-refractivity contribution in [3.05, 3.63) is 59.7 Å². The summed E-state index contributed by atoms with van der Waals surface area (Å²) in [4.78, 5) is 12.2. The molecule has 1 heterocycles. The minimum atomic E-state index is -3.72. The lowest BCUT2D eigenvalue weighted by Crippen LogP contribution is -2.35. The first-order valence-corrected chi connectivity index (χ1v) is 9.67. The standard InChI is InChI=1S/C18H21N3O3S/c19-10-11-20-18(22)15-6-3-8-16(13-15)25(23,24)21-12-4-7-14-5-1-2-9-17(14)21/h1-3,5-6,8-9,13H,4,7,10-12,19H2,(H,20,22). The Kier molecular flexibility index (Phi) is 5.06. The van der Waals surface area contributed by atoms with Crippen LogP contribution in [0.3, 0.4) is 0 Å². The van der Waals surface area contributed by atoms with Gasteiger partial charge >= 0.3 is 0 Å². The normalized spacial score (nSPS) is 14.0. The molecule has 2 aromatic rings. The van der Waals surface area contributed by atoms with Gasteiger partial charge in [-0.15, -0.1) is 0 Å². The highest BCUT2D eigenvalue weighted by Gasteiger charge is 2.29. The highest BCUT2D eigenvalue weighted by atomic mass is 32.2. The van der Waals surface area contributed by atoms with Crippen molar-refractivity contribution in [3.8, 4) is 0 Å². The Labute approximate surface area is 147 Å². The lowest BCUT2D eigenvalue weighted by molar-refractivity contribution is 0.0954. The quantitative estimate of drug-likeness (QED) is 0.846. The van der Waals surface area contributed by atoms with E-state index in [0.29, 0.717) is 30.9 Å². The van der Waals surface area contributed by atoms with E-state index in [1.54, 1.807) is 12.1 Å². The largest absolute Gasteiger partial charge is 0.351 e. The summed E-state index contributed by atoms with van der Waals surface area (Å²) in [5.41, 5.74) is 7.42. The van der Waals surface area contributed by atoms with Gasteiger partial charge in [-0.3, -0.25) is 9.10 Å². The van der Waals surface area contributed by atoms with Gasteiger partial charge in [0.05, 0.1) is 10.6 Å². The van der Waals surface area contributed by atoms with Crippen molar-refractivity contribution < 1.29 is 13.2 Å². The summed E-state index contributed by atoms with van der Waals surface area (Å²) in [5.74, 6) is -0.332. The van der Waals surface area contributed by atoms with Gasteiger partial charge < -0.3 is 11.1 Å². The first-order valence-electron chi connectivity index (χ1n) is 8.23. The van der Waals surface area contributed by atoms with Crippen LogP contribution in [0.25, 0.3) is 0 Å². The number of para-hydroxylation sites is 1. The number of rotatable bonds is 5. The number of fused-ring (bicyclic) bond motifs is 1. The van der Waals surface area contributed by atoms with Crippen molar-refractivity contribution in [2.75, 3.05) is 23.9 Å². The van der Waals surface area contributed by atoms with E-state index in [1.165, 1.54) is 16.4 Å². The van der Waals surface area contributed by atoms with Gasteiger partial charge in [0.15, 0.2) is 0 Å². The maximum absolute atomic E-state index is 13.1. The molecular formula is C18H21N3O3S. The zero-order chi connectivity index (χ0) is 17.9. The molecule has 0 saturated carbocycles. The fraction of sp³-hybridized carbons (Fsp3) is 0.278. The Morgan fingerprint density at radius 3 is 2.76 bits per heavy atom. The molecule has 0 radical (unpaired) electrons. The first kappa shape index (κ1) is 17.4. The second kappa shape index (κ2) is 7.25. The maximum Gasteiger partial charge on any atom is 0.264 e. The van der Waals surface area contributed by atoms with Crippen molar-refractivity contribution in [2.45, 2.75) is 17.7 Å². The molecule has 0 aromatic heterocycles. The van der Waals surface area contributed by atoms with Gasteiger partial charge in [0.2, 0.25) is 0 Å². The van der Waals surface area contributed by atoms with Gasteiger partial charge in [-0.1, -0.05) is 24.3 Å². The van der Waals surface area contributed by atoms with E-state index in [0.717, 1.165) is 18.4 Å². The van der Waals surface area contributed by atoms with Crippen LogP contribution in [0.4, 0.5) is 5.69 Å². The summed E-state index contributed by atoms with van der Waals surface area (Å²) in [5, 5.41) is 2.65. The molecule has 132 valence electrons. The second-order valence-electron chi connectivity index (χ2n) is 5.88. The molecule has 1 aliphatic heterocycles. The molecule has 0 fully saturated rings. The number of anilines is 1. The average Bonchev–Trinajstić information content (AvgIpc) is 2.65. The molecule has 3 N–H and O–H groups in total. The van der Waals surface area contributed by atoms with Crippen LogP contribution in [0.5, 0.6) is 0 Å². The van der Waals surface area contributed by atoms with Crippen molar-refractivity contribution in [1.82, 2.24) is 5.32 Å². The van der Waals surface area contributed by atoms with Crippen LogP contribution in [-0.4, -0.2) is 34.0 Å². The van der Waals surface area contributed by atoms with E-state index in [4.69, 9.17) is 5.73 Å². The Bertz CT molecular complexity index is 881. The highest BCUT2D eigenvalue weighted by molar-refractivity contribution is 7.92. The molecule has 3 rings (SSSR count). The fourth-order valence-electron chi connectivity index (χ4n) is 2.96. The Morgan fingerprint density at radius 1 is 1.16 bits per heavy atom. The fourth-order valence-corrected chi connectivity index (χ4v) is 4.55. The molecule has 7 heteroatoms. The van der Waals surface area contributed by atoms with Crippen LogP contribution in [0.2, 0.25) is 0 Å². The molecule has 2 aromatic carbocycles. The summed E-state index contributed by atoms with van der Waals surface area (Å²) >= 11 is 0. The highest BCUT2D eigenvalue weighted by Crippen LogP contribution is 2.31. The van der Waals surface area contributed by atoms with E-state index < -0.39 is 10.0 Å². The predicted octanol–water partition coefficient (Wildman–Crippen LogP) is 1.52. The monoisotopic (exact) mass is 359 g/mol. The number of hydrogen-bond acceptors (Lipinski definition) is 4. The third-order valence-electron chi connectivity index (χ3n) is 4.18. The molecule has 0 bridgehead atoms. The van der Waals surface area contributed by atoms with Crippen LogP contribution < -0.4 is 15.4 Å². The first-order chi connectivity index (χ1) is 12.0. The smallest absolute Gasteiger partial charge is 0.264 e. The number of hydrogen-bond donors (Lipinski definition) is 2. The molecule has 0 atom stereocenters. The SMILES string of the molecule is NCCNC(=O)c1cccc(S(=O)(=O)N2CCCc3ccccc32)c1. The molecule has 6 nitrogen and oxygen atoms in total. The Morgan fingerprint density at radius 2 is 1.96 bits per heavy atom. The molecule has 25 heavy (non-hydrogen) atoms. The molecule has 0 unspecified atom stereocenters. The van der Waals surface area contributed by atoms with Crippen LogP contribution in [0.1, 0.15) is 22.3 Å². The summed E-state index contributed by atoms with van der Waals surface area (Å²) < 4.78 is 27.7. The van der Waals surface area contributed by atoms with Crippen LogP contribution in [0, 0.1) is 0 Å². The van der Waals surface area contributed by atoms with Crippen molar-refractivity contribution in [2.24, 2.45) is 5.73 Å². The van der Waals surface area contributed by atoms with E-state index >= 15 is 0 Å². The van der Waals surface area contributed by atoms with Crippen molar-refractivity contribution >= 4 is 21.6 Å². The summed E-state index contributed by atoms with van der Waals surface area (Å²) in [7, 11) is -3.72. The van der Waals surface area contributed by atoms with Gasteiger partial charge in [0.25, 0.3) is 15.9 Å². The number of benzene rings is 2. The number of sulfonamides is 1. The minimum absolute atomic E-state index is 0.115. The van der Waals surface area contributed by atoms with Gasteiger partial charge in [-0.05, 0) is 42.7 Å². The zero-order valence-corrected chi connectivity index (χ0v) is 14.6. The second-order valence-corrected chi connectivity index (χ2v) is 7.74. The number of carbonyl (C=O) groups is 1. The van der Waals surface area contributed by atoms with Gasteiger partial charge in [0.1, 0.15) is 0 Å². The van der Waals surface area contributed by atoms with Gasteiger partial charge in [-0.2, -0.15) is 0 Å². The Hall–Kier alpha value is -2.38. The molecule has 0 saturated heterocycles. The molecule has 1 amide bonds. The number of nitrogens with zero attached hydrogens (tertiary/aromatic N) is 1. The molecule has 0 spiro atoms. The molecular weight excluding hydrogens is 338 g/mol. The average molecular weight is 359 g/mol. The Balaban J connectivity index is 1.95. The van der Waals surface area contributed by atoms with E-state index in [1.807, 2.05) is 24.3 Å². The van der Waals surface area contributed by atoms with Gasteiger partial charge in [-0.25, -0.2) is 8.42 Å². The van der Waals surface area contributed by atoms with Crippen molar-refractivity contribution in [1.29, 1.82) is 0 Å². The maximum atomic E-state index is 13.1. The number of nitrogens with one attached hydrogen (secondary N) is 1. The van der Waals surface area contributed by atoms with Crippen LogP contribution in [0.15, 0.2) is 53.4 Å². The summed E-state index contributed by atoms with van der Waals surface area (Å²) in [6.07, 6.45) is 1.64. The van der Waals surface area contributed by atoms with Gasteiger partial charge in [0, 0.05) is 25.2 Å². The number of carbonyl (C=O) groups excluding carboxylic acids is 1. The third-order valence-corrected chi connectivity index (χ3v) is 5.99. The van der Waals surface area contributed by atoms with Crippen LogP contribution in [-0.2, 0) is 16.4 Å². The van der Waals surface area contributed by atoms with E-state index in [-0.39, 0.29) is 10.8 Å². The molecule has 0 aliphatic carbocycles. The molecule has 1 aliphatic rings. The number of amides is 1. The summed E-state index contributed by atoms with van der Waals surface area (Å²) in [6, 6.07) is 13.6. The number of aryl methyl sites for hydroxylation is 1. The van der Waals surface area contributed by atoms with Crippen molar-refractivity contribution in [3.63, 3.8) is 0 Å². The summed E-state index contributed by atoms with van der Waals surface area (Å²) in [6.45, 7) is 1.10. The predicted molar refractivity (Wildman–Crippen MR) is 97.1 cm³/mol. The minimum Gasteiger partial charge on any atom is -0.351 e. The lowest BCUT2D eigenvalue weighted by Gasteiger charge is -2.30. The zero-order valence-electron chi connectivity index (χ0n) is 13.8. The topological polar surface area (TPSA) is 92.5 Å².